The molecule has 0 aliphatic carbocycles. The second kappa shape index (κ2) is 12.5. The van der Waals surface area contributed by atoms with E-state index < -0.39 is 32.7 Å². The van der Waals surface area contributed by atoms with Crippen LogP contribution in [0, 0.1) is 6.92 Å². The lowest BCUT2D eigenvalue weighted by molar-refractivity contribution is 0.0895. The molecule has 0 radical (unpaired) electrons. The number of rotatable bonds is 11. The van der Waals surface area contributed by atoms with Crippen LogP contribution in [0.3, 0.4) is 0 Å². The van der Waals surface area contributed by atoms with Gasteiger partial charge in [-0.2, -0.15) is 0 Å². The Morgan fingerprint density at radius 1 is 0.769 bits per heavy atom. The maximum Gasteiger partial charge on any atom is 0.241 e. The molecule has 0 amide bonds. The highest BCUT2D eigenvalue weighted by Crippen LogP contribution is 2.38. The molecule has 2 atom stereocenters. The van der Waals surface area contributed by atoms with E-state index >= 15 is 0 Å². The Labute approximate surface area is 238 Å². The van der Waals surface area contributed by atoms with Crippen LogP contribution in [0.4, 0.5) is 0 Å². The predicted molar refractivity (Wildman–Crippen MR) is 161 cm³/mol. The Bertz CT molecular complexity index is 1360. The van der Waals surface area contributed by atoms with Crippen molar-refractivity contribution in [1.82, 2.24) is 4.72 Å². The molecule has 1 N–H and O–H groups in total. The normalized spacial score (nSPS) is 14.3. The molecule has 212 valence electrons. The van der Waals surface area contributed by atoms with Crippen molar-refractivity contribution in [2.45, 2.75) is 102 Å². The van der Waals surface area contributed by atoms with Gasteiger partial charge >= 0.3 is 0 Å². The third-order valence-electron chi connectivity index (χ3n) is 6.97. The molecule has 0 saturated heterocycles. The molecule has 0 aliphatic heterocycles. The smallest absolute Gasteiger partial charge is 0.241 e. The molecule has 7 heteroatoms. The monoisotopic (exact) mass is 569 g/mol. The first-order valence-electron chi connectivity index (χ1n) is 13.6. The van der Waals surface area contributed by atoms with Crippen molar-refractivity contribution in [3.63, 3.8) is 0 Å². The van der Waals surface area contributed by atoms with Crippen LogP contribution in [0.5, 0.6) is 0 Å². The molecule has 3 aromatic carbocycles. The van der Waals surface area contributed by atoms with Gasteiger partial charge in [-0.15, -0.1) is 0 Å². The highest BCUT2D eigenvalue weighted by atomic mass is 32.2. The molecule has 39 heavy (non-hydrogen) atoms. The first-order valence-corrected chi connectivity index (χ1v) is 16.1. The van der Waals surface area contributed by atoms with Gasteiger partial charge in [0.1, 0.15) is 5.60 Å². The van der Waals surface area contributed by atoms with Crippen LogP contribution in [-0.2, 0) is 25.3 Å². The Morgan fingerprint density at radius 3 is 1.74 bits per heavy atom. The Hall–Kier alpha value is -2.32. The minimum absolute atomic E-state index is 0.136. The molecule has 3 rings (SSSR count). The van der Waals surface area contributed by atoms with Gasteiger partial charge in [-0.05, 0) is 72.9 Å². The topological polar surface area (TPSA) is 72.5 Å². The van der Waals surface area contributed by atoms with Gasteiger partial charge in [0, 0.05) is 0 Å². The fourth-order valence-corrected chi connectivity index (χ4v) is 7.47. The Kier molecular flexibility index (Phi) is 9.97. The summed E-state index contributed by atoms with van der Waals surface area (Å²) in [5, 5.41) is 0. The van der Waals surface area contributed by atoms with Gasteiger partial charge in [0.05, 0.1) is 15.8 Å². The summed E-state index contributed by atoms with van der Waals surface area (Å²) in [6, 6.07) is 19.5. The SMILES string of the molecule is Cc1ccc(S(=O)(=O)NC(c2ccccc2)C(C)(C)OS(=O)c2c(C(C)C)cc(C(C)C)cc2C(C)C)cc1. The molecule has 0 saturated carbocycles. The van der Waals surface area contributed by atoms with E-state index in [-0.39, 0.29) is 16.7 Å². The molecule has 3 aromatic rings. The van der Waals surface area contributed by atoms with E-state index in [1.807, 2.05) is 37.3 Å². The van der Waals surface area contributed by atoms with E-state index in [1.54, 1.807) is 38.1 Å². The van der Waals surface area contributed by atoms with Crippen molar-refractivity contribution in [1.29, 1.82) is 0 Å². The zero-order valence-electron chi connectivity index (χ0n) is 24.6. The summed E-state index contributed by atoms with van der Waals surface area (Å²) in [5.74, 6) is 0.604. The lowest BCUT2D eigenvalue weighted by atomic mass is 9.89. The summed E-state index contributed by atoms with van der Waals surface area (Å²) in [5.41, 5.74) is 3.72. The molecule has 0 bridgehead atoms. The van der Waals surface area contributed by atoms with Crippen molar-refractivity contribution in [2.75, 3.05) is 0 Å². The van der Waals surface area contributed by atoms with Gasteiger partial charge < -0.3 is 0 Å². The molecular formula is C32H43NO4S2. The van der Waals surface area contributed by atoms with Gasteiger partial charge in [-0.25, -0.2) is 17.3 Å². The van der Waals surface area contributed by atoms with Crippen LogP contribution < -0.4 is 4.72 Å². The lowest BCUT2D eigenvalue weighted by Crippen LogP contribution is -2.44. The molecular weight excluding hydrogens is 526 g/mol. The standard InChI is InChI=1S/C32H43NO4S2/c1-21(2)26-19-28(22(3)4)30(29(20-26)23(5)6)38(34)37-32(8,9)31(25-13-11-10-12-14-25)33-39(35,36)27-17-15-24(7)16-18-27/h10-23,31,33H,1-9H3. The number of aryl methyl sites for hydroxylation is 1. The van der Waals surface area contributed by atoms with Crippen molar-refractivity contribution in [3.8, 4) is 0 Å². The van der Waals surface area contributed by atoms with Gasteiger partial charge in [-0.1, -0.05) is 102 Å². The van der Waals surface area contributed by atoms with Crippen molar-refractivity contribution < 1.29 is 16.8 Å². The zero-order valence-corrected chi connectivity index (χ0v) is 26.2. The fourth-order valence-electron chi connectivity index (χ4n) is 4.56. The lowest BCUT2D eigenvalue weighted by Gasteiger charge is -2.35. The largest absolute Gasteiger partial charge is 0.279 e. The van der Waals surface area contributed by atoms with E-state index in [2.05, 4.69) is 58.4 Å². The van der Waals surface area contributed by atoms with Crippen molar-refractivity contribution >= 4 is 21.1 Å². The van der Waals surface area contributed by atoms with Crippen molar-refractivity contribution in [3.05, 3.63) is 94.5 Å². The number of hydrogen-bond acceptors (Lipinski definition) is 4. The summed E-state index contributed by atoms with van der Waals surface area (Å²) in [6.07, 6.45) is 0. The second-order valence-corrected chi connectivity index (χ2v) is 14.5. The first-order chi connectivity index (χ1) is 18.1. The summed E-state index contributed by atoms with van der Waals surface area (Å²) >= 11 is -1.84. The highest BCUT2D eigenvalue weighted by Gasteiger charge is 2.38. The van der Waals surface area contributed by atoms with Crippen LogP contribution in [0.1, 0.15) is 107 Å². The summed E-state index contributed by atoms with van der Waals surface area (Å²) in [7, 11) is -3.90. The zero-order chi connectivity index (χ0) is 29.1. The first kappa shape index (κ1) is 31.2. The van der Waals surface area contributed by atoms with E-state index in [9.17, 15) is 12.6 Å². The van der Waals surface area contributed by atoms with Crippen LogP contribution in [0.15, 0.2) is 76.5 Å². The number of nitrogens with one attached hydrogen (secondary N) is 1. The highest BCUT2D eigenvalue weighted by molar-refractivity contribution is 7.89. The molecule has 2 unspecified atom stereocenters. The van der Waals surface area contributed by atoms with Crippen LogP contribution in [-0.4, -0.2) is 18.2 Å². The van der Waals surface area contributed by atoms with Gasteiger partial charge in [0.15, 0.2) is 11.1 Å². The Morgan fingerprint density at radius 2 is 1.28 bits per heavy atom. The minimum Gasteiger partial charge on any atom is -0.279 e. The second-order valence-electron chi connectivity index (χ2n) is 11.7. The molecule has 0 heterocycles. The summed E-state index contributed by atoms with van der Waals surface area (Å²) < 4.78 is 50.3. The summed E-state index contributed by atoms with van der Waals surface area (Å²) in [6.45, 7) is 18.2. The molecule has 0 aromatic heterocycles. The quantitative estimate of drug-likeness (QED) is 0.255. The van der Waals surface area contributed by atoms with E-state index in [0.717, 1.165) is 22.3 Å². The van der Waals surface area contributed by atoms with Gasteiger partial charge in [0.25, 0.3) is 0 Å². The van der Waals surface area contributed by atoms with Crippen LogP contribution >= 0.6 is 0 Å². The number of hydrogen-bond donors (Lipinski definition) is 1. The fraction of sp³-hybridized carbons (Fsp3) is 0.438. The molecule has 0 fully saturated rings. The maximum atomic E-state index is 14.1. The average Bonchev–Trinajstić information content (AvgIpc) is 2.86. The summed E-state index contributed by atoms with van der Waals surface area (Å²) in [4.78, 5) is 0.852. The van der Waals surface area contributed by atoms with Crippen LogP contribution in [0.2, 0.25) is 0 Å². The Balaban J connectivity index is 2.08. The van der Waals surface area contributed by atoms with Gasteiger partial charge in [-0.3, -0.25) is 4.18 Å². The third kappa shape index (κ3) is 7.46. The van der Waals surface area contributed by atoms with E-state index in [0.29, 0.717) is 10.8 Å². The number of benzene rings is 3. The van der Waals surface area contributed by atoms with Gasteiger partial charge in [0.2, 0.25) is 10.0 Å². The molecule has 0 aliphatic rings. The average molecular weight is 570 g/mol. The molecule has 5 nitrogen and oxygen atoms in total. The predicted octanol–water partition coefficient (Wildman–Crippen LogP) is 7.90. The molecule has 0 spiro atoms. The van der Waals surface area contributed by atoms with Crippen molar-refractivity contribution in [2.24, 2.45) is 0 Å². The van der Waals surface area contributed by atoms with E-state index in [1.165, 1.54) is 5.56 Å². The minimum atomic E-state index is -3.90. The van der Waals surface area contributed by atoms with Crippen LogP contribution in [0.25, 0.3) is 0 Å². The van der Waals surface area contributed by atoms with E-state index in [4.69, 9.17) is 4.18 Å². The maximum absolute atomic E-state index is 14.1. The third-order valence-corrected chi connectivity index (χ3v) is 9.79. The number of sulfonamides is 1.